The normalized spacial score (nSPS) is 14.2. The zero-order valence-electron chi connectivity index (χ0n) is 15.8. The number of carbonyl (C=O) groups is 1. The summed E-state index contributed by atoms with van der Waals surface area (Å²) in [5, 5.41) is 9.59. The van der Waals surface area contributed by atoms with Crippen molar-refractivity contribution in [1.82, 2.24) is 15.1 Å². The highest BCUT2D eigenvalue weighted by atomic mass is 32.1. The van der Waals surface area contributed by atoms with Gasteiger partial charge in [0.05, 0.1) is 30.4 Å². The highest BCUT2D eigenvalue weighted by molar-refractivity contribution is 7.13. The summed E-state index contributed by atoms with van der Waals surface area (Å²) in [6.45, 7) is 2.74. The Morgan fingerprint density at radius 1 is 1.11 bits per heavy atom. The third-order valence-corrected chi connectivity index (χ3v) is 5.78. The zero-order valence-corrected chi connectivity index (χ0v) is 16.7. The zero-order chi connectivity index (χ0) is 19.5. The summed E-state index contributed by atoms with van der Waals surface area (Å²) >= 11 is 1.68. The lowest BCUT2D eigenvalue weighted by atomic mass is 10.1. The highest BCUT2D eigenvalue weighted by Gasteiger charge is 2.25. The smallest absolute Gasteiger partial charge is 0.257 e. The van der Waals surface area contributed by atoms with E-state index in [2.05, 4.69) is 27.2 Å². The quantitative estimate of drug-likeness (QED) is 0.715. The monoisotopic (exact) mass is 398 g/mol. The highest BCUT2D eigenvalue weighted by Crippen LogP contribution is 2.28. The molecule has 0 spiro atoms. The van der Waals surface area contributed by atoms with Crippen LogP contribution in [0.4, 0.5) is 5.82 Å². The van der Waals surface area contributed by atoms with Crippen molar-refractivity contribution in [3.63, 3.8) is 0 Å². The number of anilines is 1. The first-order chi connectivity index (χ1) is 13.7. The number of benzene rings is 1. The van der Waals surface area contributed by atoms with Crippen LogP contribution in [-0.2, 0) is 0 Å². The number of piperazine rings is 1. The van der Waals surface area contributed by atoms with E-state index in [0.717, 1.165) is 24.6 Å². The van der Waals surface area contributed by atoms with Crippen LogP contribution in [0.1, 0.15) is 10.4 Å². The van der Waals surface area contributed by atoms with Gasteiger partial charge in [-0.15, -0.1) is 11.3 Å². The Morgan fingerprint density at radius 2 is 1.93 bits per heavy atom. The average Bonchev–Trinajstić information content (AvgIpc) is 3.44. The molecule has 1 aliphatic heterocycles. The van der Waals surface area contributed by atoms with Crippen LogP contribution in [-0.4, -0.2) is 61.4 Å². The Morgan fingerprint density at radius 3 is 2.61 bits per heavy atom. The van der Waals surface area contributed by atoms with Crippen molar-refractivity contribution >= 4 is 23.1 Å². The minimum atomic E-state index is -0.0274. The summed E-state index contributed by atoms with van der Waals surface area (Å²) in [4.78, 5) is 18.2. The molecule has 7 nitrogen and oxygen atoms in total. The fourth-order valence-electron chi connectivity index (χ4n) is 3.32. The van der Waals surface area contributed by atoms with Crippen LogP contribution < -0.4 is 14.4 Å². The molecule has 1 N–H and O–H groups in total. The number of carbonyl (C=O) groups excluding carboxylic acids is 1. The van der Waals surface area contributed by atoms with E-state index < -0.39 is 0 Å². The molecule has 0 saturated carbocycles. The van der Waals surface area contributed by atoms with Crippen molar-refractivity contribution in [2.45, 2.75) is 0 Å². The van der Waals surface area contributed by atoms with Crippen molar-refractivity contribution in [3.8, 4) is 22.1 Å². The SMILES string of the molecule is COc1ccc(C(=O)N2CCN(c3cc(-c4cccs4)[nH]n3)CC2)c(OC)c1. The lowest BCUT2D eigenvalue weighted by Gasteiger charge is -2.35. The van der Waals surface area contributed by atoms with Crippen molar-refractivity contribution in [2.24, 2.45) is 0 Å². The Bertz CT molecular complexity index is 946. The number of methoxy groups -OCH3 is 2. The van der Waals surface area contributed by atoms with E-state index in [1.54, 1.807) is 43.8 Å². The van der Waals surface area contributed by atoms with Crippen LogP contribution in [0.5, 0.6) is 11.5 Å². The first kappa shape index (κ1) is 18.4. The molecule has 1 aromatic carbocycles. The number of H-pyrrole nitrogens is 1. The van der Waals surface area contributed by atoms with Gasteiger partial charge >= 0.3 is 0 Å². The molecule has 8 heteroatoms. The van der Waals surface area contributed by atoms with Gasteiger partial charge in [0.15, 0.2) is 5.82 Å². The molecule has 0 bridgehead atoms. The molecule has 3 heterocycles. The van der Waals surface area contributed by atoms with E-state index in [4.69, 9.17) is 9.47 Å². The fourth-order valence-corrected chi connectivity index (χ4v) is 4.01. The maximum absolute atomic E-state index is 12.9. The second kappa shape index (κ2) is 7.93. The van der Waals surface area contributed by atoms with E-state index in [1.807, 2.05) is 16.3 Å². The number of aromatic amines is 1. The number of nitrogens with one attached hydrogen (secondary N) is 1. The molecule has 0 radical (unpaired) electrons. The van der Waals surface area contributed by atoms with Crippen LogP contribution in [0.25, 0.3) is 10.6 Å². The predicted octanol–water partition coefficient (Wildman–Crippen LogP) is 3.12. The lowest BCUT2D eigenvalue weighted by molar-refractivity contribution is 0.0743. The van der Waals surface area contributed by atoms with Gasteiger partial charge in [-0.2, -0.15) is 5.10 Å². The van der Waals surface area contributed by atoms with E-state index in [0.29, 0.717) is 30.2 Å². The molecule has 28 heavy (non-hydrogen) atoms. The Hall–Kier alpha value is -3.00. The van der Waals surface area contributed by atoms with Crippen molar-refractivity contribution in [3.05, 3.63) is 47.3 Å². The average molecular weight is 398 g/mol. The van der Waals surface area contributed by atoms with E-state index in [1.165, 1.54) is 4.88 Å². The molecule has 1 amide bonds. The maximum atomic E-state index is 12.9. The van der Waals surface area contributed by atoms with Gasteiger partial charge in [-0.05, 0) is 23.6 Å². The van der Waals surface area contributed by atoms with Crippen molar-refractivity contribution in [2.75, 3.05) is 45.3 Å². The molecular weight excluding hydrogens is 376 g/mol. The molecular formula is C20H22N4O3S. The Labute approximate surface area is 167 Å². The van der Waals surface area contributed by atoms with Crippen LogP contribution >= 0.6 is 11.3 Å². The van der Waals surface area contributed by atoms with Crippen LogP contribution in [0.3, 0.4) is 0 Å². The van der Waals surface area contributed by atoms with Gasteiger partial charge in [0.1, 0.15) is 11.5 Å². The largest absolute Gasteiger partial charge is 0.497 e. The van der Waals surface area contributed by atoms with Crippen molar-refractivity contribution in [1.29, 1.82) is 0 Å². The molecule has 1 aliphatic rings. The van der Waals surface area contributed by atoms with Gasteiger partial charge < -0.3 is 19.3 Å². The summed E-state index contributed by atoms with van der Waals surface area (Å²) in [5.41, 5.74) is 1.57. The summed E-state index contributed by atoms with van der Waals surface area (Å²) in [6, 6.07) is 11.4. The summed E-state index contributed by atoms with van der Waals surface area (Å²) in [5.74, 6) is 2.08. The molecule has 3 aromatic rings. The third-order valence-electron chi connectivity index (χ3n) is 4.88. The molecule has 1 fully saturated rings. The van der Waals surface area contributed by atoms with Gasteiger partial charge in [-0.25, -0.2) is 0 Å². The topological polar surface area (TPSA) is 70.7 Å². The third kappa shape index (κ3) is 3.55. The number of hydrogen-bond donors (Lipinski definition) is 1. The van der Waals surface area contributed by atoms with Crippen LogP contribution in [0.2, 0.25) is 0 Å². The molecule has 2 aromatic heterocycles. The number of nitrogens with zero attached hydrogens (tertiary/aromatic N) is 3. The van der Waals surface area contributed by atoms with Gasteiger partial charge in [0, 0.05) is 38.3 Å². The minimum absolute atomic E-state index is 0.0274. The predicted molar refractivity (Wildman–Crippen MR) is 110 cm³/mol. The molecule has 0 unspecified atom stereocenters. The lowest BCUT2D eigenvalue weighted by Crippen LogP contribution is -2.49. The van der Waals surface area contributed by atoms with Crippen molar-refractivity contribution < 1.29 is 14.3 Å². The Balaban J connectivity index is 1.42. The number of aromatic nitrogens is 2. The fraction of sp³-hybridized carbons (Fsp3) is 0.300. The molecule has 4 rings (SSSR count). The Kier molecular flexibility index (Phi) is 5.21. The standard InChI is InChI=1S/C20H22N4O3S/c1-26-14-5-6-15(17(12-14)27-2)20(25)24-9-7-23(8-10-24)19-13-16(21-22-19)18-4-3-11-28-18/h3-6,11-13H,7-10H2,1-2H3,(H,21,22). The van der Waals surface area contributed by atoms with Gasteiger partial charge in [-0.1, -0.05) is 6.07 Å². The van der Waals surface area contributed by atoms with Crippen LogP contribution in [0, 0.1) is 0 Å². The summed E-state index contributed by atoms with van der Waals surface area (Å²) in [7, 11) is 3.15. The molecule has 0 atom stereocenters. The van der Waals surface area contributed by atoms with E-state index in [9.17, 15) is 4.79 Å². The number of thiophene rings is 1. The molecule has 0 aliphatic carbocycles. The van der Waals surface area contributed by atoms with Gasteiger partial charge in [0.2, 0.25) is 0 Å². The summed E-state index contributed by atoms with van der Waals surface area (Å²) < 4.78 is 10.6. The second-order valence-corrected chi connectivity index (χ2v) is 7.41. The number of hydrogen-bond acceptors (Lipinski definition) is 6. The van der Waals surface area contributed by atoms with Gasteiger partial charge in [-0.3, -0.25) is 9.89 Å². The summed E-state index contributed by atoms with van der Waals surface area (Å²) in [6.07, 6.45) is 0. The molecule has 1 saturated heterocycles. The first-order valence-corrected chi connectivity index (χ1v) is 9.93. The number of rotatable bonds is 5. The second-order valence-electron chi connectivity index (χ2n) is 6.46. The van der Waals surface area contributed by atoms with E-state index >= 15 is 0 Å². The minimum Gasteiger partial charge on any atom is -0.497 e. The molecule has 146 valence electrons. The number of amides is 1. The van der Waals surface area contributed by atoms with Crippen LogP contribution in [0.15, 0.2) is 41.8 Å². The van der Waals surface area contributed by atoms with E-state index in [-0.39, 0.29) is 5.91 Å². The number of ether oxygens (including phenoxy) is 2. The first-order valence-electron chi connectivity index (χ1n) is 9.05. The van der Waals surface area contributed by atoms with Gasteiger partial charge in [0.25, 0.3) is 5.91 Å². The maximum Gasteiger partial charge on any atom is 0.257 e.